The first-order valence-electron chi connectivity index (χ1n) is 6.49. The van der Waals surface area contributed by atoms with Gasteiger partial charge in [-0.05, 0) is 51.6 Å². The van der Waals surface area contributed by atoms with Crippen LogP contribution < -0.4 is 5.32 Å². The molecule has 1 aliphatic carbocycles. The Balaban J connectivity index is 1.90. The van der Waals surface area contributed by atoms with Crippen LogP contribution in [0.5, 0.6) is 0 Å². The molecule has 0 aromatic heterocycles. The first-order valence-corrected chi connectivity index (χ1v) is 6.49. The number of nitrogens with zero attached hydrogens (tertiary/aromatic N) is 1. The van der Waals surface area contributed by atoms with Gasteiger partial charge in [-0.2, -0.15) is 0 Å². The molecule has 0 radical (unpaired) electrons. The minimum absolute atomic E-state index is 0.596. The van der Waals surface area contributed by atoms with Gasteiger partial charge in [0.2, 0.25) is 0 Å². The molecule has 2 nitrogen and oxygen atoms in total. The molecule has 3 unspecified atom stereocenters. The molecule has 2 aliphatic rings. The highest BCUT2D eigenvalue weighted by atomic mass is 15.2. The maximum absolute atomic E-state index is 3.66. The highest BCUT2D eigenvalue weighted by Crippen LogP contribution is 2.48. The van der Waals surface area contributed by atoms with Crippen LogP contribution in [-0.2, 0) is 0 Å². The third kappa shape index (κ3) is 2.73. The van der Waals surface area contributed by atoms with Crippen LogP contribution in [0, 0.1) is 5.41 Å². The van der Waals surface area contributed by atoms with E-state index in [1.54, 1.807) is 0 Å². The van der Waals surface area contributed by atoms with Crippen LogP contribution in [-0.4, -0.2) is 36.1 Å². The van der Waals surface area contributed by atoms with Gasteiger partial charge in [0.25, 0.3) is 0 Å². The van der Waals surface area contributed by atoms with E-state index < -0.39 is 0 Å². The van der Waals surface area contributed by atoms with Gasteiger partial charge in [0.1, 0.15) is 0 Å². The smallest absolute Gasteiger partial charge is 0.0153 e. The summed E-state index contributed by atoms with van der Waals surface area (Å²) in [4.78, 5) is 2.73. The summed E-state index contributed by atoms with van der Waals surface area (Å²) >= 11 is 0. The van der Waals surface area contributed by atoms with E-state index in [4.69, 9.17) is 0 Å². The summed E-state index contributed by atoms with van der Waals surface area (Å²) < 4.78 is 0. The van der Waals surface area contributed by atoms with Gasteiger partial charge in [-0.25, -0.2) is 0 Å². The van der Waals surface area contributed by atoms with Gasteiger partial charge in [-0.3, -0.25) is 4.90 Å². The van der Waals surface area contributed by atoms with Gasteiger partial charge in [-0.1, -0.05) is 13.8 Å². The van der Waals surface area contributed by atoms with Gasteiger partial charge in [0, 0.05) is 18.1 Å². The molecule has 3 atom stereocenters. The molecule has 1 saturated carbocycles. The molecular formula is C13H26N2. The Morgan fingerprint density at radius 3 is 1.93 bits per heavy atom. The first kappa shape index (κ1) is 11.4. The second kappa shape index (κ2) is 4.06. The lowest BCUT2D eigenvalue weighted by molar-refractivity contribution is 0.192. The summed E-state index contributed by atoms with van der Waals surface area (Å²) in [6, 6.07) is 2.24. The molecule has 2 heteroatoms. The minimum atomic E-state index is 0.596. The zero-order valence-electron chi connectivity index (χ0n) is 10.7. The van der Waals surface area contributed by atoms with Gasteiger partial charge >= 0.3 is 0 Å². The molecule has 88 valence electrons. The summed E-state index contributed by atoms with van der Waals surface area (Å²) in [6.07, 6.45) is 4.01. The Hall–Kier alpha value is -0.0800. The quantitative estimate of drug-likeness (QED) is 0.714. The van der Waals surface area contributed by atoms with Crippen LogP contribution in [0.25, 0.3) is 0 Å². The molecule has 1 N–H and O–H groups in total. The molecule has 0 bridgehead atoms. The average molecular weight is 210 g/mol. The van der Waals surface area contributed by atoms with Crippen molar-refractivity contribution in [2.75, 3.05) is 13.1 Å². The third-order valence-electron chi connectivity index (χ3n) is 4.17. The van der Waals surface area contributed by atoms with Crippen LogP contribution in [0.3, 0.4) is 0 Å². The highest BCUT2D eigenvalue weighted by Gasteiger charge is 2.49. The molecule has 15 heavy (non-hydrogen) atoms. The lowest BCUT2D eigenvalue weighted by Gasteiger charge is -2.31. The molecule has 1 saturated heterocycles. The maximum Gasteiger partial charge on any atom is 0.0153 e. The largest absolute Gasteiger partial charge is 0.312 e. The molecule has 1 aliphatic heterocycles. The lowest BCUT2D eigenvalue weighted by Crippen LogP contribution is -2.44. The molecule has 2 rings (SSSR count). The second-order valence-corrected chi connectivity index (χ2v) is 6.29. The van der Waals surface area contributed by atoms with Crippen molar-refractivity contribution in [2.24, 2.45) is 5.41 Å². The Morgan fingerprint density at radius 1 is 1.07 bits per heavy atom. The number of rotatable bonds is 1. The van der Waals surface area contributed by atoms with E-state index in [1.165, 1.54) is 32.4 Å². The Bertz CT molecular complexity index is 213. The fourth-order valence-electron chi connectivity index (χ4n) is 2.86. The summed E-state index contributed by atoms with van der Waals surface area (Å²) in [5.74, 6) is 0. The summed E-state index contributed by atoms with van der Waals surface area (Å²) in [7, 11) is 0. The summed E-state index contributed by atoms with van der Waals surface area (Å²) in [6.45, 7) is 12.0. The van der Waals surface area contributed by atoms with Gasteiger partial charge in [0.05, 0.1) is 0 Å². The van der Waals surface area contributed by atoms with E-state index in [-0.39, 0.29) is 0 Å². The zero-order valence-corrected chi connectivity index (χ0v) is 10.7. The number of hydrogen-bond acceptors (Lipinski definition) is 2. The summed E-state index contributed by atoms with van der Waals surface area (Å²) in [5.41, 5.74) is 0.596. The van der Waals surface area contributed by atoms with Crippen molar-refractivity contribution < 1.29 is 0 Å². The van der Waals surface area contributed by atoms with Crippen molar-refractivity contribution in [1.82, 2.24) is 10.2 Å². The Kier molecular flexibility index (Phi) is 3.09. The topological polar surface area (TPSA) is 15.3 Å². The second-order valence-electron chi connectivity index (χ2n) is 6.29. The predicted molar refractivity (Wildman–Crippen MR) is 65.1 cm³/mol. The third-order valence-corrected chi connectivity index (χ3v) is 4.17. The van der Waals surface area contributed by atoms with Crippen molar-refractivity contribution in [2.45, 2.75) is 65.1 Å². The van der Waals surface area contributed by atoms with E-state index >= 15 is 0 Å². The van der Waals surface area contributed by atoms with Crippen molar-refractivity contribution in [3.05, 3.63) is 0 Å². The van der Waals surface area contributed by atoms with Gasteiger partial charge in [-0.15, -0.1) is 0 Å². The normalized spacial score (nSPS) is 42.0. The van der Waals surface area contributed by atoms with Crippen molar-refractivity contribution in [3.63, 3.8) is 0 Å². The van der Waals surface area contributed by atoms with Crippen LogP contribution in [0.2, 0.25) is 0 Å². The summed E-state index contributed by atoms with van der Waals surface area (Å²) in [5, 5.41) is 3.66. The van der Waals surface area contributed by atoms with Crippen molar-refractivity contribution >= 4 is 0 Å². The monoisotopic (exact) mass is 210 g/mol. The van der Waals surface area contributed by atoms with Crippen LogP contribution in [0.4, 0.5) is 0 Å². The van der Waals surface area contributed by atoms with E-state index in [1.807, 2.05) is 0 Å². The highest BCUT2D eigenvalue weighted by molar-refractivity contribution is 5.03. The molecular weight excluding hydrogens is 184 g/mol. The number of hydrogen-bond donors (Lipinski definition) is 1. The van der Waals surface area contributed by atoms with Crippen LogP contribution in [0.1, 0.15) is 47.0 Å². The van der Waals surface area contributed by atoms with Crippen LogP contribution in [0.15, 0.2) is 0 Å². The van der Waals surface area contributed by atoms with E-state index in [9.17, 15) is 0 Å². The molecule has 0 aromatic rings. The lowest BCUT2D eigenvalue weighted by atomic mass is 10.1. The SMILES string of the molecule is CC1CCN(C2CC2(C)C)CCC(C)N1. The molecule has 0 spiro atoms. The first-order chi connectivity index (χ1) is 6.99. The van der Waals surface area contributed by atoms with E-state index in [0.717, 1.165) is 6.04 Å². The molecule has 0 amide bonds. The zero-order chi connectivity index (χ0) is 11.1. The maximum atomic E-state index is 3.66. The van der Waals surface area contributed by atoms with Crippen molar-refractivity contribution in [1.29, 1.82) is 0 Å². The fraction of sp³-hybridized carbons (Fsp3) is 1.00. The Labute approximate surface area is 94.4 Å². The van der Waals surface area contributed by atoms with Gasteiger partial charge in [0.15, 0.2) is 0 Å². The standard InChI is InChI=1S/C13H26N2/c1-10-5-7-15(8-6-11(2)14-10)12-9-13(12,3)4/h10-12,14H,5-9H2,1-4H3. The van der Waals surface area contributed by atoms with Crippen LogP contribution >= 0.6 is 0 Å². The predicted octanol–water partition coefficient (Wildman–Crippen LogP) is 2.25. The average Bonchev–Trinajstić information content (AvgIpc) is 2.72. The Morgan fingerprint density at radius 2 is 1.53 bits per heavy atom. The minimum Gasteiger partial charge on any atom is -0.312 e. The fourth-order valence-corrected chi connectivity index (χ4v) is 2.86. The van der Waals surface area contributed by atoms with Gasteiger partial charge < -0.3 is 5.32 Å². The molecule has 1 heterocycles. The number of nitrogens with one attached hydrogen (secondary N) is 1. The molecule has 0 aromatic carbocycles. The van der Waals surface area contributed by atoms with Crippen molar-refractivity contribution in [3.8, 4) is 0 Å². The molecule has 2 fully saturated rings. The van der Waals surface area contributed by atoms with E-state index in [0.29, 0.717) is 17.5 Å². The van der Waals surface area contributed by atoms with E-state index in [2.05, 4.69) is 37.9 Å².